The van der Waals surface area contributed by atoms with Gasteiger partial charge < -0.3 is 19.7 Å². The van der Waals surface area contributed by atoms with E-state index in [2.05, 4.69) is 20.8 Å². The molecule has 0 aliphatic carbocycles. The van der Waals surface area contributed by atoms with Crippen LogP contribution in [0.2, 0.25) is 0 Å². The number of methoxy groups -OCH3 is 1. The first kappa shape index (κ1) is 20.2. The van der Waals surface area contributed by atoms with Crippen molar-refractivity contribution in [1.82, 2.24) is 20.4 Å². The summed E-state index contributed by atoms with van der Waals surface area (Å²) >= 11 is 1.24. The molecule has 1 saturated heterocycles. The lowest BCUT2D eigenvalue weighted by Gasteiger charge is -2.29. The van der Waals surface area contributed by atoms with Gasteiger partial charge in [0.1, 0.15) is 17.7 Å². The van der Waals surface area contributed by atoms with E-state index in [1.807, 2.05) is 30.3 Å². The lowest BCUT2D eigenvalue weighted by molar-refractivity contribution is -0.118. The molecule has 1 atom stereocenters. The molecular weight excluding hydrogens is 382 g/mol. The van der Waals surface area contributed by atoms with Gasteiger partial charge in [-0.25, -0.2) is 4.79 Å². The highest BCUT2D eigenvalue weighted by Gasteiger charge is 2.26. The Balaban J connectivity index is 1.68. The Bertz CT molecular complexity index is 779. The number of aromatic nitrogens is 2. The van der Waals surface area contributed by atoms with Gasteiger partial charge in [-0.3, -0.25) is 10.1 Å². The zero-order valence-corrected chi connectivity index (χ0v) is 16.4. The molecule has 1 aromatic heterocycles. The van der Waals surface area contributed by atoms with Gasteiger partial charge in [-0.2, -0.15) is 0 Å². The molecule has 0 bridgehead atoms. The van der Waals surface area contributed by atoms with Gasteiger partial charge in [0.05, 0.1) is 13.2 Å². The smallest absolute Gasteiger partial charge is 0.318 e. The number of nitrogens with one attached hydrogen (secondary N) is 2. The van der Waals surface area contributed by atoms with Gasteiger partial charge in [0.15, 0.2) is 0 Å². The summed E-state index contributed by atoms with van der Waals surface area (Å²) in [5, 5.41) is 14.5. The van der Waals surface area contributed by atoms with Gasteiger partial charge in [-0.05, 0) is 5.56 Å². The number of hydrogen-bond acceptors (Lipinski definition) is 7. The molecule has 3 amide bonds. The maximum Gasteiger partial charge on any atom is 0.318 e. The molecule has 1 aliphatic heterocycles. The quantitative estimate of drug-likeness (QED) is 0.719. The van der Waals surface area contributed by atoms with Crippen LogP contribution in [0.3, 0.4) is 0 Å². The molecule has 0 saturated carbocycles. The van der Waals surface area contributed by atoms with Gasteiger partial charge in [-0.1, -0.05) is 41.7 Å². The Labute approximate surface area is 167 Å². The van der Waals surface area contributed by atoms with Crippen LogP contribution in [0.5, 0.6) is 0 Å². The molecule has 1 aliphatic rings. The highest BCUT2D eigenvalue weighted by atomic mass is 32.1. The second-order valence-corrected chi connectivity index (χ2v) is 7.28. The third-order valence-electron chi connectivity index (χ3n) is 4.16. The molecule has 1 fully saturated rings. The summed E-state index contributed by atoms with van der Waals surface area (Å²) in [6.07, 6.45) is 0.368. The average Bonchev–Trinajstić information content (AvgIpc) is 3.16. The number of carbonyl (C=O) groups is 2. The molecule has 3 rings (SSSR count). The van der Waals surface area contributed by atoms with Crippen LogP contribution in [0.4, 0.5) is 9.93 Å². The lowest BCUT2D eigenvalue weighted by atomic mass is 10.1. The standard InChI is InChI=1S/C18H23N5O4S/c1-26-12-15-21-22-17(28-15)20-16(24)14(11-13-5-3-2-4-6-13)19-18(25)23-7-9-27-10-8-23/h2-6,14H,7-12H2,1H3,(H,19,25)(H,20,22,24). The minimum Gasteiger partial charge on any atom is -0.378 e. The van der Waals surface area contributed by atoms with Gasteiger partial charge in [0, 0.05) is 26.6 Å². The number of nitrogens with zero attached hydrogens (tertiary/aromatic N) is 3. The van der Waals surface area contributed by atoms with Crippen molar-refractivity contribution in [3.8, 4) is 0 Å². The van der Waals surface area contributed by atoms with E-state index in [0.29, 0.717) is 49.5 Å². The fraction of sp³-hybridized carbons (Fsp3) is 0.444. The third-order valence-corrected chi connectivity index (χ3v) is 4.97. The van der Waals surface area contributed by atoms with Crippen molar-refractivity contribution in [3.63, 3.8) is 0 Å². The number of rotatable bonds is 7. The molecule has 1 unspecified atom stereocenters. The van der Waals surface area contributed by atoms with E-state index in [1.165, 1.54) is 11.3 Å². The van der Waals surface area contributed by atoms with Gasteiger partial charge in [-0.15, -0.1) is 10.2 Å². The Morgan fingerprint density at radius 3 is 2.71 bits per heavy atom. The van der Waals surface area contributed by atoms with Crippen molar-refractivity contribution in [2.75, 3.05) is 38.7 Å². The Morgan fingerprint density at radius 1 is 1.25 bits per heavy atom. The number of urea groups is 1. The monoisotopic (exact) mass is 405 g/mol. The number of hydrogen-bond donors (Lipinski definition) is 2. The van der Waals surface area contributed by atoms with E-state index < -0.39 is 6.04 Å². The zero-order valence-electron chi connectivity index (χ0n) is 15.6. The van der Waals surface area contributed by atoms with Crippen LogP contribution in [-0.2, 0) is 27.3 Å². The molecule has 2 heterocycles. The van der Waals surface area contributed by atoms with E-state index in [4.69, 9.17) is 9.47 Å². The van der Waals surface area contributed by atoms with E-state index >= 15 is 0 Å². The van der Waals surface area contributed by atoms with E-state index in [9.17, 15) is 9.59 Å². The van der Waals surface area contributed by atoms with Crippen LogP contribution in [0.25, 0.3) is 0 Å². The molecule has 2 aromatic rings. The van der Waals surface area contributed by atoms with Crippen LogP contribution < -0.4 is 10.6 Å². The molecule has 2 N–H and O–H groups in total. The largest absolute Gasteiger partial charge is 0.378 e. The Kier molecular flexibility index (Phi) is 7.29. The van der Waals surface area contributed by atoms with E-state index in [1.54, 1.807) is 12.0 Å². The molecule has 9 nitrogen and oxygen atoms in total. The summed E-state index contributed by atoms with van der Waals surface area (Å²) in [7, 11) is 1.57. The van der Waals surface area contributed by atoms with E-state index in [-0.39, 0.29) is 11.9 Å². The minimum absolute atomic E-state index is 0.281. The molecular formula is C18H23N5O4S. The average molecular weight is 405 g/mol. The highest BCUT2D eigenvalue weighted by Crippen LogP contribution is 2.16. The Hall–Kier alpha value is -2.56. The number of carbonyl (C=O) groups excluding carboxylic acids is 2. The van der Waals surface area contributed by atoms with Gasteiger partial charge >= 0.3 is 6.03 Å². The van der Waals surface area contributed by atoms with E-state index in [0.717, 1.165) is 5.56 Å². The molecule has 10 heteroatoms. The normalized spacial score (nSPS) is 15.1. The van der Waals surface area contributed by atoms with Crippen molar-refractivity contribution in [2.24, 2.45) is 0 Å². The number of morpholine rings is 1. The number of anilines is 1. The summed E-state index contributed by atoms with van der Waals surface area (Å²) < 4.78 is 10.3. The first-order valence-corrected chi connectivity index (χ1v) is 9.76. The van der Waals surface area contributed by atoms with Crippen LogP contribution in [-0.4, -0.2) is 66.5 Å². The molecule has 0 radical (unpaired) electrons. The SMILES string of the molecule is COCc1nnc(NC(=O)C(Cc2ccccc2)NC(=O)N2CCOCC2)s1. The summed E-state index contributed by atoms with van der Waals surface area (Å²) in [6, 6.07) is 8.52. The Morgan fingerprint density at radius 2 is 2.00 bits per heavy atom. The molecule has 28 heavy (non-hydrogen) atoms. The second-order valence-electron chi connectivity index (χ2n) is 6.21. The van der Waals surface area contributed by atoms with Gasteiger partial charge in [0.25, 0.3) is 0 Å². The van der Waals surface area contributed by atoms with Crippen molar-refractivity contribution in [3.05, 3.63) is 40.9 Å². The lowest BCUT2D eigenvalue weighted by Crippen LogP contribution is -2.53. The predicted molar refractivity (Wildman–Crippen MR) is 104 cm³/mol. The van der Waals surface area contributed by atoms with Crippen molar-refractivity contribution in [2.45, 2.75) is 19.1 Å². The van der Waals surface area contributed by atoms with Crippen LogP contribution in [0.15, 0.2) is 30.3 Å². The summed E-state index contributed by atoms with van der Waals surface area (Å²) in [5.41, 5.74) is 0.947. The van der Waals surface area contributed by atoms with Crippen LogP contribution >= 0.6 is 11.3 Å². The minimum atomic E-state index is -0.743. The highest BCUT2D eigenvalue weighted by molar-refractivity contribution is 7.15. The maximum atomic E-state index is 12.8. The van der Waals surface area contributed by atoms with Crippen LogP contribution in [0, 0.1) is 0 Å². The topological polar surface area (TPSA) is 106 Å². The fourth-order valence-electron chi connectivity index (χ4n) is 2.74. The number of benzene rings is 1. The third kappa shape index (κ3) is 5.72. The molecule has 1 aromatic carbocycles. The number of amides is 3. The van der Waals surface area contributed by atoms with Crippen LogP contribution in [0.1, 0.15) is 10.6 Å². The first-order valence-electron chi connectivity index (χ1n) is 8.95. The maximum absolute atomic E-state index is 12.8. The van der Waals surface area contributed by atoms with Crippen molar-refractivity contribution in [1.29, 1.82) is 0 Å². The summed E-state index contributed by atoms with van der Waals surface area (Å²) in [4.78, 5) is 27.1. The molecule has 0 spiro atoms. The fourth-order valence-corrected chi connectivity index (χ4v) is 3.46. The van der Waals surface area contributed by atoms with Crippen molar-refractivity contribution < 1.29 is 19.1 Å². The van der Waals surface area contributed by atoms with Gasteiger partial charge in [0.2, 0.25) is 11.0 Å². The summed E-state index contributed by atoms with van der Waals surface area (Å²) in [6.45, 7) is 2.32. The number of ether oxygens (including phenoxy) is 2. The van der Waals surface area contributed by atoms with Crippen molar-refractivity contribution >= 4 is 28.4 Å². The summed E-state index contributed by atoms with van der Waals surface area (Å²) in [5.74, 6) is -0.342. The zero-order chi connectivity index (χ0) is 19.8. The predicted octanol–water partition coefficient (Wildman–Crippen LogP) is 1.28. The first-order chi connectivity index (χ1) is 13.7. The molecule has 150 valence electrons. The second kappa shape index (κ2) is 10.1.